The number of pyridine rings is 1. The number of ether oxygens (including phenoxy) is 2. The van der Waals surface area contributed by atoms with Crippen LogP contribution in [0.3, 0.4) is 0 Å². The minimum Gasteiger partial charge on any atom is -0.488 e. The molecule has 0 aliphatic carbocycles. The van der Waals surface area contributed by atoms with E-state index < -0.39 is 5.97 Å². The number of benzene rings is 1. The van der Waals surface area contributed by atoms with Crippen LogP contribution in [-0.2, 0) is 4.79 Å². The second-order valence-electron chi connectivity index (χ2n) is 5.15. The molecular formula is C16H11Cl3N2O4. The van der Waals surface area contributed by atoms with Gasteiger partial charge in [0.05, 0.1) is 22.2 Å². The van der Waals surface area contributed by atoms with Crippen LogP contribution in [0.1, 0.15) is 17.3 Å². The van der Waals surface area contributed by atoms with Gasteiger partial charge in [0.2, 0.25) is 5.91 Å². The number of carbonyl (C=O) groups is 2. The van der Waals surface area contributed by atoms with Gasteiger partial charge in [0.25, 0.3) is 0 Å². The van der Waals surface area contributed by atoms with Crippen LogP contribution in [0.25, 0.3) is 0 Å². The first-order valence-electron chi connectivity index (χ1n) is 7.14. The largest absolute Gasteiger partial charge is 0.488 e. The minimum absolute atomic E-state index is 0.00161. The van der Waals surface area contributed by atoms with Gasteiger partial charge in [-0.15, -0.1) is 0 Å². The maximum atomic E-state index is 12.4. The second-order valence-corrected chi connectivity index (χ2v) is 6.40. The summed E-state index contributed by atoms with van der Waals surface area (Å²) >= 11 is 17.8. The molecule has 0 unspecified atom stereocenters. The molecule has 0 radical (unpaired) electrons. The molecule has 0 N–H and O–H groups in total. The van der Waals surface area contributed by atoms with Crippen molar-refractivity contribution in [2.24, 2.45) is 0 Å². The van der Waals surface area contributed by atoms with Gasteiger partial charge in [-0.25, -0.2) is 9.78 Å². The number of rotatable bonds is 2. The monoisotopic (exact) mass is 400 g/mol. The maximum absolute atomic E-state index is 12.4. The van der Waals surface area contributed by atoms with Crippen LogP contribution >= 0.6 is 34.8 Å². The van der Waals surface area contributed by atoms with Crippen LogP contribution < -0.4 is 14.4 Å². The zero-order valence-corrected chi connectivity index (χ0v) is 15.2. The SMILES string of the molecule is CC(=O)N1CCOc2cc(C(=O)Oc3c(Cl)cc(Cl)cc3Cl)cnc21. The van der Waals surface area contributed by atoms with Crippen molar-refractivity contribution in [1.29, 1.82) is 0 Å². The minimum atomic E-state index is -0.718. The molecule has 0 fully saturated rings. The van der Waals surface area contributed by atoms with Gasteiger partial charge in [-0.05, 0) is 12.1 Å². The molecule has 0 bridgehead atoms. The number of fused-ring (bicyclic) bond motifs is 1. The standard InChI is InChI=1S/C16H11Cl3N2O4/c1-8(22)21-2-3-24-13-4-9(7-20-15(13)21)16(23)25-14-11(18)5-10(17)6-12(14)19/h4-7H,2-3H2,1H3. The molecule has 3 rings (SSSR count). The summed E-state index contributed by atoms with van der Waals surface area (Å²) in [5, 5.41) is 0.537. The molecule has 9 heteroatoms. The predicted molar refractivity (Wildman–Crippen MR) is 94.2 cm³/mol. The highest BCUT2D eigenvalue weighted by Crippen LogP contribution is 2.37. The van der Waals surface area contributed by atoms with Crippen molar-refractivity contribution in [1.82, 2.24) is 4.98 Å². The Kier molecular flexibility index (Phi) is 5.03. The van der Waals surface area contributed by atoms with Crippen LogP contribution in [0, 0.1) is 0 Å². The molecule has 2 heterocycles. The molecule has 0 atom stereocenters. The van der Waals surface area contributed by atoms with Crippen LogP contribution in [0.2, 0.25) is 15.1 Å². The molecule has 2 aromatic rings. The fraction of sp³-hybridized carbons (Fsp3) is 0.188. The highest BCUT2D eigenvalue weighted by atomic mass is 35.5. The quantitative estimate of drug-likeness (QED) is 0.562. The Hall–Kier alpha value is -2.02. The zero-order chi connectivity index (χ0) is 18.1. The number of anilines is 1. The highest BCUT2D eigenvalue weighted by Gasteiger charge is 2.25. The van der Waals surface area contributed by atoms with Gasteiger partial charge in [-0.1, -0.05) is 34.8 Å². The Labute approximate surface area is 158 Å². The number of nitrogens with zero attached hydrogens (tertiary/aromatic N) is 2. The third-order valence-electron chi connectivity index (χ3n) is 3.43. The van der Waals surface area contributed by atoms with E-state index in [2.05, 4.69) is 4.98 Å². The molecule has 130 valence electrons. The van der Waals surface area contributed by atoms with Gasteiger partial charge < -0.3 is 9.47 Å². The van der Waals surface area contributed by atoms with Crippen LogP contribution in [0.15, 0.2) is 24.4 Å². The fourth-order valence-electron chi connectivity index (χ4n) is 2.30. The number of esters is 1. The lowest BCUT2D eigenvalue weighted by atomic mass is 10.2. The average Bonchev–Trinajstić information content (AvgIpc) is 2.56. The molecule has 1 aromatic heterocycles. The van der Waals surface area contributed by atoms with Gasteiger partial charge in [-0.3, -0.25) is 9.69 Å². The van der Waals surface area contributed by atoms with Gasteiger partial charge in [0.15, 0.2) is 17.3 Å². The summed E-state index contributed by atoms with van der Waals surface area (Å²) in [5.41, 5.74) is 0.131. The molecule has 0 saturated heterocycles. The Morgan fingerprint density at radius 3 is 2.52 bits per heavy atom. The van der Waals surface area contributed by atoms with E-state index in [4.69, 9.17) is 44.3 Å². The van der Waals surface area contributed by atoms with Crippen molar-refractivity contribution in [3.8, 4) is 11.5 Å². The third kappa shape index (κ3) is 3.66. The normalized spacial score (nSPS) is 13.0. The lowest BCUT2D eigenvalue weighted by molar-refractivity contribution is -0.116. The van der Waals surface area contributed by atoms with Crippen molar-refractivity contribution in [3.05, 3.63) is 45.0 Å². The van der Waals surface area contributed by atoms with Crippen molar-refractivity contribution >= 4 is 52.5 Å². The average molecular weight is 402 g/mol. The molecular weight excluding hydrogens is 391 g/mol. The summed E-state index contributed by atoms with van der Waals surface area (Å²) in [4.78, 5) is 29.6. The van der Waals surface area contributed by atoms with Crippen molar-refractivity contribution in [2.75, 3.05) is 18.1 Å². The second kappa shape index (κ2) is 7.07. The van der Waals surface area contributed by atoms with E-state index in [1.54, 1.807) is 0 Å². The fourth-order valence-corrected chi connectivity index (χ4v) is 3.19. The summed E-state index contributed by atoms with van der Waals surface area (Å²) in [6.07, 6.45) is 1.30. The first-order chi connectivity index (χ1) is 11.9. The number of carbonyl (C=O) groups excluding carboxylic acids is 2. The first-order valence-corrected chi connectivity index (χ1v) is 8.28. The molecule has 1 aliphatic rings. The number of amides is 1. The molecule has 25 heavy (non-hydrogen) atoms. The van der Waals surface area contributed by atoms with Gasteiger partial charge >= 0.3 is 5.97 Å². The van der Waals surface area contributed by atoms with Crippen LogP contribution in [-0.4, -0.2) is 30.0 Å². The van der Waals surface area contributed by atoms with Crippen LogP contribution in [0.4, 0.5) is 5.82 Å². The summed E-state index contributed by atoms with van der Waals surface area (Å²) in [7, 11) is 0. The molecule has 0 saturated carbocycles. The van der Waals surface area contributed by atoms with Crippen molar-refractivity contribution in [3.63, 3.8) is 0 Å². The first kappa shape index (κ1) is 17.8. The maximum Gasteiger partial charge on any atom is 0.345 e. The molecule has 0 spiro atoms. The van der Waals surface area contributed by atoms with Gasteiger partial charge in [0.1, 0.15) is 6.61 Å². The van der Waals surface area contributed by atoms with Crippen LogP contribution in [0.5, 0.6) is 11.5 Å². The van der Waals surface area contributed by atoms with E-state index in [1.807, 2.05) is 0 Å². The Bertz CT molecular complexity index is 849. The smallest absolute Gasteiger partial charge is 0.345 e. The summed E-state index contributed by atoms with van der Waals surface area (Å²) in [6, 6.07) is 4.28. The third-order valence-corrected chi connectivity index (χ3v) is 4.21. The van der Waals surface area contributed by atoms with Gasteiger partial charge in [0, 0.05) is 24.2 Å². The number of halogens is 3. The summed E-state index contributed by atoms with van der Waals surface area (Å²) in [6.45, 7) is 2.14. The Morgan fingerprint density at radius 2 is 1.88 bits per heavy atom. The van der Waals surface area contributed by atoms with Crippen molar-refractivity contribution in [2.45, 2.75) is 6.92 Å². The molecule has 1 aromatic carbocycles. The van der Waals surface area contributed by atoms with E-state index in [1.165, 1.54) is 36.2 Å². The van der Waals surface area contributed by atoms with E-state index in [0.29, 0.717) is 29.7 Å². The lowest BCUT2D eigenvalue weighted by Crippen LogP contribution is -2.37. The Balaban J connectivity index is 1.88. The van der Waals surface area contributed by atoms with E-state index in [-0.39, 0.29) is 27.3 Å². The number of hydrogen-bond donors (Lipinski definition) is 0. The highest BCUT2D eigenvalue weighted by molar-refractivity contribution is 6.40. The zero-order valence-electron chi connectivity index (χ0n) is 12.9. The van der Waals surface area contributed by atoms with E-state index in [9.17, 15) is 9.59 Å². The van der Waals surface area contributed by atoms with Gasteiger partial charge in [-0.2, -0.15) is 0 Å². The predicted octanol–water partition coefficient (Wildman–Crippen LogP) is 4.01. The number of aromatic nitrogens is 1. The van der Waals surface area contributed by atoms with E-state index in [0.717, 1.165) is 0 Å². The molecule has 1 aliphatic heterocycles. The van der Waals surface area contributed by atoms with Crippen molar-refractivity contribution < 1.29 is 19.1 Å². The summed E-state index contributed by atoms with van der Waals surface area (Å²) in [5.74, 6) is -0.194. The Morgan fingerprint density at radius 1 is 1.20 bits per heavy atom. The lowest BCUT2D eigenvalue weighted by Gasteiger charge is -2.27. The van der Waals surface area contributed by atoms with E-state index >= 15 is 0 Å². The number of hydrogen-bond acceptors (Lipinski definition) is 5. The topological polar surface area (TPSA) is 68.7 Å². The summed E-state index contributed by atoms with van der Waals surface area (Å²) < 4.78 is 10.7. The molecule has 6 nitrogen and oxygen atoms in total. The molecule has 1 amide bonds.